The average Bonchev–Trinajstić information content (AvgIpc) is 3.18. The molecular formula is C15H23BrClN3O. The summed E-state index contributed by atoms with van der Waals surface area (Å²) in [6.45, 7) is 2.98. The highest BCUT2D eigenvalue weighted by Crippen LogP contribution is 2.34. The molecule has 1 unspecified atom stereocenters. The van der Waals surface area contributed by atoms with Crippen molar-refractivity contribution in [1.82, 2.24) is 4.90 Å². The summed E-state index contributed by atoms with van der Waals surface area (Å²) < 4.78 is 1.02. The van der Waals surface area contributed by atoms with Crippen molar-refractivity contribution in [3.8, 4) is 0 Å². The fourth-order valence-corrected chi connectivity index (χ4v) is 2.99. The summed E-state index contributed by atoms with van der Waals surface area (Å²) in [6.07, 6.45) is 2.47. The highest BCUT2D eigenvalue weighted by Gasteiger charge is 2.33. The van der Waals surface area contributed by atoms with Crippen LogP contribution in [0.4, 0.5) is 5.69 Å². The Balaban J connectivity index is 0.00000220. The van der Waals surface area contributed by atoms with Gasteiger partial charge in [0.15, 0.2) is 0 Å². The maximum atomic E-state index is 12.1. The molecule has 0 heterocycles. The van der Waals surface area contributed by atoms with Gasteiger partial charge in [0, 0.05) is 22.7 Å². The molecule has 0 aromatic heterocycles. The number of nitrogens with zero attached hydrogens (tertiary/aromatic N) is 1. The number of likely N-dealkylation sites (N-methyl/N-ethyl adjacent to an activating group) is 1. The van der Waals surface area contributed by atoms with Crippen LogP contribution in [0.5, 0.6) is 0 Å². The minimum absolute atomic E-state index is 0. The summed E-state index contributed by atoms with van der Waals surface area (Å²) in [5.41, 5.74) is 7.72. The molecule has 118 valence electrons. The molecule has 0 saturated heterocycles. The van der Waals surface area contributed by atoms with Crippen LogP contribution in [0.1, 0.15) is 18.4 Å². The Morgan fingerprint density at radius 1 is 1.52 bits per heavy atom. The molecule has 1 atom stereocenters. The lowest BCUT2D eigenvalue weighted by atomic mass is 10.1. The summed E-state index contributed by atoms with van der Waals surface area (Å²) in [6, 6.07) is 6.16. The van der Waals surface area contributed by atoms with Crippen LogP contribution in [0.3, 0.4) is 0 Å². The number of hydrogen-bond donors (Lipinski definition) is 2. The van der Waals surface area contributed by atoms with Crippen molar-refractivity contribution in [3.63, 3.8) is 0 Å². The zero-order chi connectivity index (χ0) is 14.7. The standard InChI is InChI=1S/C15H22BrN3O.ClH/c1-10-7-12(16)5-6-13(10)18-15(20)9-19(2)14(8-17)11-3-4-11;/h5-7,11,14H,3-4,8-9,17H2,1-2H3,(H,18,20);1H. The van der Waals surface area contributed by atoms with E-state index in [1.54, 1.807) is 0 Å². The van der Waals surface area contributed by atoms with E-state index in [4.69, 9.17) is 5.73 Å². The molecule has 1 amide bonds. The van der Waals surface area contributed by atoms with Gasteiger partial charge in [0.05, 0.1) is 6.54 Å². The number of carbonyl (C=O) groups is 1. The second kappa shape index (κ2) is 8.13. The first-order chi connectivity index (χ1) is 9.51. The quantitative estimate of drug-likeness (QED) is 0.802. The Kier molecular flexibility index (Phi) is 7.13. The molecule has 1 aliphatic rings. The van der Waals surface area contributed by atoms with Crippen molar-refractivity contribution in [2.45, 2.75) is 25.8 Å². The van der Waals surface area contributed by atoms with E-state index >= 15 is 0 Å². The minimum Gasteiger partial charge on any atom is -0.329 e. The number of nitrogens with one attached hydrogen (secondary N) is 1. The number of hydrogen-bond acceptors (Lipinski definition) is 3. The third-order valence-electron chi connectivity index (χ3n) is 3.83. The molecule has 0 aliphatic heterocycles. The first-order valence-electron chi connectivity index (χ1n) is 6.97. The van der Waals surface area contributed by atoms with Gasteiger partial charge in [0.1, 0.15) is 0 Å². The number of benzene rings is 1. The minimum atomic E-state index is 0. The van der Waals surface area contributed by atoms with Gasteiger partial charge >= 0.3 is 0 Å². The fraction of sp³-hybridized carbons (Fsp3) is 0.533. The molecule has 0 bridgehead atoms. The lowest BCUT2D eigenvalue weighted by molar-refractivity contribution is -0.117. The lowest BCUT2D eigenvalue weighted by Gasteiger charge is -2.26. The SMILES string of the molecule is Cc1cc(Br)ccc1NC(=O)CN(C)C(CN)C1CC1.Cl. The molecular weight excluding hydrogens is 354 g/mol. The van der Waals surface area contributed by atoms with Gasteiger partial charge in [-0.3, -0.25) is 9.69 Å². The topological polar surface area (TPSA) is 58.4 Å². The largest absolute Gasteiger partial charge is 0.329 e. The molecule has 2 rings (SSSR count). The summed E-state index contributed by atoms with van der Waals surface area (Å²) in [4.78, 5) is 14.2. The summed E-state index contributed by atoms with van der Waals surface area (Å²) in [7, 11) is 1.98. The van der Waals surface area contributed by atoms with Crippen molar-refractivity contribution in [3.05, 3.63) is 28.2 Å². The van der Waals surface area contributed by atoms with E-state index in [-0.39, 0.29) is 18.3 Å². The second-order valence-corrected chi connectivity index (χ2v) is 6.48. The first kappa shape index (κ1) is 18.4. The van der Waals surface area contributed by atoms with Crippen molar-refractivity contribution in [1.29, 1.82) is 0 Å². The van der Waals surface area contributed by atoms with E-state index < -0.39 is 0 Å². The van der Waals surface area contributed by atoms with E-state index in [0.29, 0.717) is 25.0 Å². The predicted molar refractivity (Wildman–Crippen MR) is 93.0 cm³/mol. The number of nitrogens with two attached hydrogens (primary N) is 1. The molecule has 0 radical (unpaired) electrons. The molecule has 1 aliphatic carbocycles. The van der Waals surface area contributed by atoms with E-state index in [1.807, 2.05) is 32.2 Å². The molecule has 1 aromatic carbocycles. The fourth-order valence-electron chi connectivity index (χ4n) is 2.51. The maximum Gasteiger partial charge on any atom is 0.238 e. The van der Waals surface area contributed by atoms with Gasteiger partial charge in [0.25, 0.3) is 0 Å². The lowest BCUT2D eigenvalue weighted by Crippen LogP contribution is -2.43. The Morgan fingerprint density at radius 3 is 2.71 bits per heavy atom. The van der Waals surface area contributed by atoms with Gasteiger partial charge in [-0.1, -0.05) is 15.9 Å². The Morgan fingerprint density at radius 2 is 2.19 bits per heavy atom. The second-order valence-electron chi connectivity index (χ2n) is 5.56. The summed E-state index contributed by atoms with van der Waals surface area (Å²) in [5, 5.41) is 2.96. The maximum absolute atomic E-state index is 12.1. The Bertz CT molecular complexity index is 494. The number of aryl methyl sites for hydroxylation is 1. The van der Waals surface area contributed by atoms with Crippen LogP contribution in [0.2, 0.25) is 0 Å². The zero-order valence-corrected chi connectivity index (χ0v) is 14.8. The van der Waals surface area contributed by atoms with E-state index in [0.717, 1.165) is 15.7 Å². The molecule has 1 saturated carbocycles. The van der Waals surface area contributed by atoms with E-state index in [2.05, 4.69) is 26.1 Å². The van der Waals surface area contributed by atoms with Crippen LogP contribution < -0.4 is 11.1 Å². The molecule has 3 N–H and O–H groups in total. The smallest absolute Gasteiger partial charge is 0.238 e. The molecule has 0 spiro atoms. The number of carbonyl (C=O) groups excluding carboxylic acids is 1. The van der Waals surface area contributed by atoms with E-state index in [1.165, 1.54) is 12.8 Å². The molecule has 6 heteroatoms. The van der Waals surface area contributed by atoms with Gasteiger partial charge in [-0.25, -0.2) is 0 Å². The van der Waals surface area contributed by atoms with Gasteiger partial charge < -0.3 is 11.1 Å². The Hall–Kier alpha value is -0.620. The van der Waals surface area contributed by atoms with Crippen molar-refractivity contribution in [2.24, 2.45) is 11.7 Å². The van der Waals surface area contributed by atoms with Crippen LogP contribution in [0.15, 0.2) is 22.7 Å². The number of rotatable bonds is 6. The van der Waals surface area contributed by atoms with Crippen LogP contribution in [-0.4, -0.2) is 37.0 Å². The van der Waals surface area contributed by atoms with Gasteiger partial charge in [-0.2, -0.15) is 0 Å². The van der Waals surface area contributed by atoms with Crippen LogP contribution in [0, 0.1) is 12.8 Å². The van der Waals surface area contributed by atoms with Crippen molar-refractivity contribution < 1.29 is 4.79 Å². The highest BCUT2D eigenvalue weighted by atomic mass is 79.9. The normalized spacial score (nSPS) is 15.5. The molecule has 21 heavy (non-hydrogen) atoms. The molecule has 4 nitrogen and oxygen atoms in total. The first-order valence-corrected chi connectivity index (χ1v) is 7.77. The van der Waals surface area contributed by atoms with Crippen LogP contribution >= 0.6 is 28.3 Å². The predicted octanol–water partition coefficient (Wildman–Crippen LogP) is 2.79. The zero-order valence-electron chi connectivity index (χ0n) is 12.4. The van der Waals surface area contributed by atoms with Crippen molar-refractivity contribution >= 4 is 39.9 Å². The van der Waals surface area contributed by atoms with Gasteiger partial charge in [-0.05, 0) is 56.5 Å². The summed E-state index contributed by atoms with van der Waals surface area (Å²) in [5.74, 6) is 0.684. The van der Waals surface area contributed by atoms with E-state index in [9.17, 15) is 4.79 Å². The Labute approximate surface area is 141 Å². The number of halogens is 2. The van der Waals surface area contributed by atoms with Crippen molar-refractivity contribution in [2.75, 3.05) is 25.5 Å². The summed E-state index contributed by atoms with van der Waals surface area (Å²) >= 11 is 3.42. The van der Waals surface area contributed by atoms with Crippen LogP contribution in [0.25, 0.3) is 0 Å². The molecule has 1 aromatic rings. The monoisotopic (exact) mass is 375 g/mol. The average molecular weight is 377 g/mol. The third kappa shape index (κ3) is 5.25. The molecule has 1 fully saturated rings. The van der Waals surface area contributed by atoms with Crippen LogP contribution in [-0.2, 0) is 4.79 Å². The van der Waals surface area contributed by atoms with Gasteiger partial charge in [-0.15, -0.1) is 12.4 Å². The highest BCUT2D eigenvalue weighted by molar-refractivity contribution is 9.10. The number of anilines is 1. The third-order valence-corrected chi connectivity index (χ3v) is 4.32. The number of amides is 1. The van der Waals surface area contributed by atoms with Gasteiger partial charge in [0.2, 0.25) is 5.91 Å².